The number of rotatable bonds is 5. The molecule has 1 amide bonds. The highest BCUT2D eigenvalue weighted by molar-refractivity contribution is 7.91. The van der Waals surface area contributed by atoms with Crippen LogP contribution >= 0.6 is 0 Å². The van der Waals surface area contributed by atoms with Gasteiger partial charge in [-0.25, -0.2) is 12.8 Å². The molecule has 1 aliphatic rings. The summed E-state index contributed by atoms with van der Waals surface area (Å²) < 4.78 is 38.2. The minimum atomic E-state index is -3.74. The van der Waals surface area contributed by atoms with Gasteiger partial charge < -0.3 is 5.32 Å². The van der Waals surface area contributed by atoms with E-state index in [0.717, 1.165) is 24.1 Å². The third kappa shape index (κ3) is 3.66. The van der Waals surface area contributed by atoms with Crippen LogP contribution in [0.4, 0.5) is 10.1 Å². The zero-order valence-corrected chi connectivity index (χ0v) is 15.6. The normalized spacial score (nSPS) is 18.5. The number of hydrogen-bond donors (Lipinski definition) is 1. The number of anilines is 1. The lowest BCUT2D eigenvalue weighted by Crippen LogP contribution is -2.14. The molecule has 142 valence electrons. The molecule has 3 aromatic rings. The second kappa shape index (κ2) is 7.16. The highest BCUT2D eigenvalue weighted by Gasteiger charge is 2.44. The SMILES string of the molecule is O=C(Nc1ccc(S(=O)(=O)c2ccc(F)cc2)cc1)C1CC1c1cccnc1. The molecule has 7 heteroatoms. The third-order valence-corrected chi connectivity index (χ3v) is 6.58. The van der Waals surface area contributed by atoms with Crippen LogP contribution in [0.1, 0.15) is 17.9 Å². The number of aromatic nitrogens is 1. The standard InChI is InChI=1S/C21H17FN2O3S/c22-15-3-7-17(8-4-15)28(26,27)18-9-5-16(6-10-18)24-21(25)20-12-19(20)14-2-1-11-23-13-14/h1-11,13,19-20H,12H2,(H,24,25). The number of benzene rings is 2. The Bertz CT molecular complexity index is 1100. The van der Waals surface area contributed by atoms with E-state index in [1.807, 2.05) is 12.1 Å². The van der Waals surface area contributed by atoms with Crippen molar-refractivity contribution in [3.8, 4) is 0 Å². The first-order valence-electron chi connectivity index (χ1n) is 8.77. The van der Waals surface area contributed by atoms with Gasteiger partial charge in [0.05, 0.1) is 9.79 Å². The molecule has 28 heavy (non-hydrogen) atoms. The number of pyridine rings is 1. The van der Waals surface area contributed by atoms with Gasteiger partial charge in [0, 0.05) is 24.0 Å². The van der Waals surface area contributed by atoms with Crippen molar-refractivity contribution in [2.45, 2.75) is 22.1 Å². The average molecular weight is 396 g/mol. The molecule has 0 saturated heterocycles. The topological polar surface area (TPSA) is 76.1 Å². The van der Waals surface area contributed by atoms with Gasteiger partial charge in [0.2, 0.25) is 15.7 Å². The van der Waals surface area contributed by atoms with E-state index in [1.165, 1.54) is 24.3 Å². The van der Waals surface area contributed by atoms with Crippen molar-refractivity contribution < 1.29 is 17.6 Å². The molecule has 0 aliphatic heterocycles. The van der Waals surface area contributed by atoms with Crippen molar-refractivity contribution in [1.82, 2.24) is 4.98 Å². The summed E-state index contributed by atoms with van der Waals surface area (Å²) in [4.78, 5) is 16.6. The Balaban J connectivity index is 1.44. The fraction of sp³-hybridized carbons (Fsp3) is 0.143. The van der Waals surface area contributed by atoms with Gasteiger partial charge in [0.25, 0.3) is 0 Å². The Hall–Kier alpha value is -3.06. The summed E-state index contributed by atoms with van der Waals surface area (Å²) in [6.07, 6.45) is 4.24. The smallest absolute Gasteiger partial charge is 0.228 e. The van der Waals surface area contributed by atoms with Crippen molar-refractivity contribution in [3.63, 3.8) is 0 Å². The third-order valence-electron chi connectivity index (χ3n) is 4.80. The lowest BCUT2D eigenvalue weighted by Gasteiger charge is -2.08. The van der Waals surface area contributed by atoms with E-state index in [1.54, 1.807) is 24.5 Å². The van der Waals surface area contributed by atoms with Crippen LogP contribution in [-0.4, -0.2) is 19.3 Å². The molecule has 5 nitrogen and oxygen atoms in total. The van der Waals surface area contributed by atoms with Crippen LogP contribution in [0.5, 0.6) is 0 Å². The number of halogens is 1. The van der Waals surface area contributed by atoms with E-state index in [-0.39, 0.29) is 27.5 Å². The Kier molecular flexibility index (Phi) is 4.68. The number of hydrogen-bond acceptors (Lipinski definition) is 4. The predicted molar refractivity (Wildman–Crippen MR) is 102 cm³/mol. The van der Waals surface area contributed by atoms with E-state index in [2.05, 4.69) is 10.3 Å². The van der Waals surface area contributed by atoms with Crippen molar-refractivity contribution >= 4 is 21.4 Å². The number of carbonyl (C=O) groups excluding carboxylic acids is 1. The van der Waals surface area contributed by atoms with Gasteiger partial charge in [0.1, 0.15) is 5.82 Å². The van der Waals surface area contributed by atoms with E-state index >= 15 is 0 Å². The highest BCUT2D eigenvalue weighted by Crippen LogP contribution is 2.47. The largest absolute Gasteiger partial charge is 0.326 e. The summed E-state index contributed by atoms with van der Waals surface area (Å²) in [5.41, 5.74) is 1.57. The number of nitrogens with zero attached hydrogens (tertiary/aromatic N) is 1. The number of sulfone groups is 1. The maximum Gasteiger partial charge on any atom is 0.228 e. The molecule has 0 spiro atoms. The maximum absolute atomic E-state index is 13.0. The molecular weight excluding hydrogens is 379 g/mol. The first kappa shape index (κ1) is 18.3. The summed E-state index contributed by atoms with van der Waals surface area (Å²) in [6.45, 7) is 0. The number of nitrogens with one attached hydrogen (secondary N) is 1. The Labute approximate surface area is 162 Å². The average Bonchev–Trinajstić information content (AvgIpc) is 3.51. The van der Waals surface area contributed by atoms with Crippen molar-refractivity contribution in [2.24, 2.45) is 5.92 Å². The molecule has 2 atom stereocenters. The molecule has 1 saturated carbocycles. The van der Waals surface area contributed by atoms with Crippen LogP contribution in [0.3, 0.4) is 0 Å². The van der Waals surface area contributed by atoms with Gasteiger partial charge in [-0.15, -0.1) is 0 Å². The molecule has 1 aromatic heterocycles. The van der Waals surface area contributed by atoms with Crippen LogP contribution in [0.2, 0.25) is 0 Å². The first-order chi connectivity index (χ1) is 13.4. The molecular formula is C21H17FN2O3S. The molecule has 1 aliphatic carbocycles. The summed E-state index contributed by atoms with van der Waals surface area (Å²) in [5, 5.41) is 2.83. The molecule has 2 unspecified atom stereocenters. The van der Waals surface area contributed by atoms with E-state index < -0.39 is 15.7 Å². The van der Waals surface area contributed by atoms with Crippen LogP contribution in [0.25, 0.3) is 0 Å². The minimum absolute atomic E-state index is 0.0166. The number of carbonyl (C=O) groups is 1. The van der Waals surface area contributed by atoms with Crippen LogP contribution in [0, 0.1) is 11.7 Å². The van der Waals surface area contributed by atoms with Crippen LogP contribution in [-0.2, 0) is 14.6 Å². The van der Waals surface area contributed by atoms with Gasteiger partial charge in [-0.3, -0.25) is 9.78 Å². The fourth-order valence-electron chi connectivity index (χ4n) is 3.15. The van der Waals surface area contributed by atoms with Gasteiger partial charge >= 0.3 is 0 Å². The monoisotopic (exact) mass is 396 g/mol. The fourth-order valence-corrected chi connectivity index (χ4v) is 4.41. The maximum atomic E-state index is 13.0. The molecule has 1 heterocycles. The van der Waals surface area contributed by atoms with E-state index in [9.17, 15) is 17.6 Å². The van der Waals surface area contributed by atoms with Crippen molar-refractivity contribution in [2.75, 3.05) is 5.32 Å². The minimum Gasteiger partial charge on any atom is -0.326 e. The summed E-state index contributed by atoms with van der Waals surface area (Å²) >= 11 is 0. The molecule has 4 rings (SSSR count). The molecule has 0 bridgehead atoms. The van der Waals surface area contributed by atoms with Gasteiger partial charge in [-0.2, -0.15) is 0 Å². The molecule has 1 fully saturated rings. The van der Waals surface area contributed by atoms with Crippen molar-refractivity contribution in [1.29, 1.82) is 0 Å². The van der Waals surface area contributed by atoms with Gasteiger partial charge in [0.15, 0.2) is 0 Å². The summed E-state index contributed by atoms with van der Waals surface area (Å²) in [6, 6.07) is 14.4. The van der Waals surface area contributed by atoms with E-state index in [4.69, 9.17) is 0 Å². The Morgan fingerprint density at radius 2 is 1.64 bits per heavy atom. The second-order valence-corrected chi connectivity index (χ2v) is 8.66. The Morgan fingerprint density at radius 3 is 2.25 bits per heavy atom. The molecule has 0 radical (unpaired) electrons. The lowest BCUT2D eigenvalue weighted by atomic mass is 10.1. The predicted octanol–water partition coefficient (Wildman–Crippen LogP) is 3.80. The zero-order valence-electron chi connectivity index (χ0n) is 14.7. The number of amides is 1. The zero-order chi connectivity index (χ0) is 19.7. The van der Waals surface area contributed by atoms with Gasteiger partial charge in [-0.05, 0) is 72.5 Å². The molecule has 1 N–H and O–H groups in total. The lowest BCUT2D eigenvalue weighted by molar-refractivity contribution is -0.117. The van der Waals surface area contributed by atoms with Crippen LogP contribution < -0.4 is 5.32 Å². The van der Waals surface area contributed by atoms with E-state index in [0.29, 0.717) is 5.69 Å². The highest BCUT2D eigenvalue weighted by atomic mass is 32.2. The second-order valence-electron chi connectivity index (χ2n) is 6.71. The molecule has 2 aromatic carbocycles. The first-order valence-corrected chi connectivity index (χ1v) is 10.2. The van der Waals surface area contributed by atoms with Crippen LogP contribution in [0.15, 0.2) is 82.8 Å². The summed E-state index contributed by atoms with van der Waals surface area (Å²) in [5.74, 6) is -0.525. The van der Waals surface area contributed by atoms with Crippen molar-refractivity contribution in [3.05, 3.63) is 84.4 Å². The quantitative estimate of drug-likeness (QED) is 0.666. The van der Waals surface area contributed by atoms with Gasteiger partial charge in [-0.1, -0.05) is 6.07 Å². The summed E-state index contributed by atoms with van der Waals surface area (Å²) in [7, 11) is -3.74. The Morgan fingerprint density at radius 1 is 1.00 bits per heavy atom.